The lowest BCUT2D eigenvalue weighted by Gasteiger charge is -2.39. The normalized spacial score (nSPS) is 25.5. The molecule has 2 heterocycles. The SMILES string of the molecule is COc1ccc(C)c2c1N[C@H](c1ccc(S(=O)(=O)N3CCOCC3)cc1)[C@H]1CC=C[C@@H]21. The number of nitrogens with one attached hydrogen (secondary N) is 1. The molecule has 3 aliphatic rings. The number of hydrogen-bond donors (Lipinski definition) is 1. The van der Waals surface area contributed by atoms with E-state index in [9.17, 15) is 8.42 Å². The first kappa shape index (κ1) is 20.5. The first-order chi connectivity index (χ1) is 15.0. The number of benzene rings is 2. The number of sulfonamides is 1. The maximum Gasteiger partial charge on any atom is 0.243 e. The molecule has 1 saturated heterocycles. The summed E-state index contributed by atoms with van der Waals surface area (Å²) in [6.45, 7) is 3.84. The van der Waals surface area contributed by atoms with Crippen molar-refractivity contribution in [2.24, 2.45) is 5.92 Å². The van der Waals surface area contributed by atoms with E-state index >= 15 is 0 Å². The zero-order chi connectivity index (χ0) is 21.6. The van der Waals surface area contributed by atoms with Gasteiger partial charge in [-0.2, -0.15) is 4.31 Å². The van der Waals surface area contributed by atoms with Crippen LogP contribution >= 0.6 is 0 Å². The summed E-state index contributed by atoms with van der Waals surface area (Å²) in [6, 6.07) is 11.6. The molecule has 1 aliphatic carbocycles. The van der Waals surface area contributed by atoms with Gasteiger partial charge in [0.05, 0.1) is 36.9 Å². The highest BCUT2D eigenvalue weighted by Crippen LogP contribution is 2.53. The van der Waals surface area contributed by atoms with Gasteiger partial charge in [0.1, 0.15) is 5.75 Å². The molecule has 1 fully saturated rings. The van der Waals surface area contributed by atoms with Gasteiger partial charge < -0.3 is 14.8 Å². The molecule has 0 saturated carbocycles. The van der Waals surface area contributed by atoms with Crippen LogP contribution in [0.3, 0.4) is 0 Å². The number of anilines is 1. The van der Waals surface area contributed by atoms with Crippen molar-refractivity contribution in [3.8, 4) is 5.75 Å². The summed E-state index contributed by atoms with van der Waals surface area (Å²) >= 11 is 0. The van der Waals surface area contributed by atoms with Gasteiger partial charge in [-0.1, -0.05) is 30.4 Å². The highest BCUT2D eigenvalue weighted by molar-refractivity contribution is 7.89. The molecule has 164 valence electrons. The van der Waals surface area contributed by atoms with E-state index in [1.165, 1.54) is 15.4 Å². The summed E-state index contributed by atoms with van der Waals surface area (Å²) < 4.78 is 38.4. The number of rotatable bonds is 4. The Balaban J connectivity index is 1.48. The first-order valence-electron chi connectivity index (χ1n) is 10.8. The van der Waals surface area contributed by atoms with Crippen molar-refractivity contribution in [2.45, 2.75) is 30.2 Å². The minimum atomic E-state index is -3.49. The van der Waals surface area contributed by atoms with Crippen LogP contribution in [0.4, 0.5) is 5.69 Å². The van der Waals surface area contributed by atoms with Gasteiger partial charge >= 0.3 is 0 Å². The Hall–Kier alpha value is -2.35. The highest BCUT2D eigenvalue weighted by atomic mass is 32.2. The van der Waals surface area contributed by atoms with Gasteiger partial charge in [-0.3, -0.25) is 0 Å². The van der Waals surface area contributed by atoms with Crippen molar-refractivity contribution in [3.05, 3.63) is 65.2 Å². The number of nitrogens with zero attached hydrogens (tertiary/aromatic N) is 1. The van der Waals surface area contributed by atoms with Gasteiger partial charge in [-0.05, 0) is 54.2 Å². The van der Waals surface area contributed by atoms with E-state index in [1.807, 2.05) is 18.2 Å². The Labute approximate surface area is 183 Å². The number of hydrogen-bond acceptors (Lipinski definition) is 5. The molecule has 6 nitrogen and oxygen atoms in total. The zero-order valence-electron chi connectivity index (χ0n) is 17.9. The van der Waals surface area contributed by atoms with Crippen LogP contribution in [0.1, 0.15) is 35.1 Å². The average Bonchev–Trinajstić information content (AvgIpc) is 3.29. The maximum atomic E-state index is 13.0. The lowest BCUT2D eigenvalue weighted by atomic mass is 9.75. The summed E-state index contributed by atoms with van der Waals surface area (Å²) in [6.07, 6.45) is 5.56. The van der Waals surface area contributed by atoms with E-state index in [2.05, 4.69) is 30.5 Å². The van der Waals surface area contributed by atoms with Crippen LogP contribution in [-0.2, 0) is 14.8 Å². The number of allylic oxidation sites excluding steroid dienone is 2. The fraction of sp³-hybridized carbons (Fsp3) is 0.417. The minimum Gasteiger partial charge on any atom is -0.495 e. The third-order valence-corrected chi connectivity index (χ3v) is 8.68. The Morgan fingerprint density at radius 1 is 1.10 bits per heavy atom. The molecule has 2 aromatic carbocycles. The van der Waals surface area contributed by atoms with Crippen LogP contribution in [0.25, 0.3) is 0 Å². The Bertz CT molecular complexity index is 1110. The summed E-state index contributed by atoms with van der Waals surface area (Å²) in [5, 5.41) is 3.73. The smallest absolute Gasteiger partial charge is 0.243 e. The predicted molar refractivity (Wildman–Crippen MR) is 120 cm³/mol. The van der Waals surface area contributed by atoms with Gasteiger partial charge in [-0.15, -0.1) is 0 Å². The van der Waals surface area contributed by atoms with Crippen LogP contribution in [0, 0.1) is 12.8 Å². The fourth-order valence-electron chi connectivity index (χ4n) is 5.15. The lowest BCUT2D eigenvalue weighted by Crippen LogP contribution is -2.40. The van der Waals surface area contributed by atoms with Crippen LogP contribution in [0.15, 0.2) is 53.4 Å². The fourth-order valence-corrected chi connectivity index (χ4v) is 6.56. The Kier molecular flexibility index (Phi) is 5.28. The molecule has 1 N–H and O–H groups in total. The second kappa shape index (κ2) is 7.97. The van der Waals surface area contributed by atoms with E-state index in [1.54, 1.807) is 19.2 Å². The zero-order valence-corrected chi connectivity index (χ0v) is 18.7. The van der Waals surface area contributed by atoms with Crippen molar-refractivity contribution in [1.29, 1.82) is 0 Å². The van der Waals surface area contributed by atoms with Gasteiger partial charge in [0.2, 0.25) is 10.0 Å². The third-order valence-electron chi connectivity index (χ3n) is 6.77. The number of ether oxygens (including phenoxy) is 2. The van der Waals surface area contributed by atoms with Crippen LogP contribution in [0.2, 0.25) is 0 Å². The molecule has 0 radical (unpaired) electrons. The van der Waals surface area contributed by atoms with Gasteiger partial charge in [0.25, 0.3) is 0 Å². The van der Waals surface area contributed by atoms with Crippen molar-refractivity contribution >= 4 is 15.7 Å². The van der Waals surface area contributed by atoms with E-state index in [-0.39, 0.29) is 6.04 Å². The maximum absolute atomic E-state index is 13.0. The predicted octanol–water partition coefficient (Wildman–Crippen LogP) is 3.85. The Morgan fingerprint density at radius 3 is 2.55 bits per heavy atom. The van der Waals surface area contributed by atoms with Crippen LogP contribution in [-0.4, -0.2) is 46.1 Å². The quantitative estimate of drug-likeness (QED) is 0.732. The highest BCUT2D eigenvalue weighted by Gasteiger charge is 2.40. The molecular weight excluding hydrogens is 412 g/mol. The second-order valence-corrected chi connectivity index (χ2v) is 10.4. The molecule has 2 aliphatic heterocycles. The van der Waals surface area contributed by atoms with Gasteiger partial charge in [-0.25, -0.2) is 8.42 Å². The van der Waals surface area contributed by atoms with Crippen molar-refractivity contribution < 1.29 is 17.9 Å². The molecule has 0 unspecified atom stereocenters. The molecule has 0 bridgehead atoms. The standard InChI is InChI=1S/C24H28N2O4S/c1-16-6-11-21(29-2)24-22(16)19-4-3-5-20(19)23(25-24)17-7-9-18(10-8-17)31(27,28)26-12-14-30-15-13-26/h3-4,6-11,19-20,23,25H,5,12-15H2,1-2H3/t19-,20+,23-/m1/s1. The number of methoxy groups -OCH3 is 1. The van der Waals surface area contributed by atoms with Crippen LogP contribution in [0.5, 0.6) is 5.75 Å². The largest absolute Gasteiger partial charge is 0.495 e. The molecule has 5 rings (SSSR count). The first-order valence-corrected chi connectivity index (χ1v) is 12.2. The molecule has 0 amide bonds. The van der Waals surface area contributed by atoms with Crippen molar-refractivity contribution in [3.63, 3.8) is 0 Å². The summed E-state index contributed by atoms with van der Waals surface area (Å²) in [7, 11) is -1.79. The number of fused-ring (bicyclic) bond motifs is 3. The monoisotopic (exact) mass is 440 g/mol. The van der Waals surface area contributed by atoms with Crippen molar-refractivity contribution in [1.82, 2.24) is 4.31 Å². The average molecular weight is 441 g/mol. The van der Waals surface area contributed by atoms with E-state index in [0.717, 1.165) is 23.4 Å². The molecule has 0 aromatic heterocycles. The van der Waals surface area contributed by atoms with Gasteiger partial charge in [0.15, 0.2) is 0 Å². The lowest BCUT2D eigenvalue weighted by molar-refractivity contribution is 0.0730. The van der Waals surface area contributed by atoms with Gasteiger partial charge in [0, 0.05) is 19.0 Å². The van der Waals surface area contributed by atoms with Crippen LogP contribution < -0.4 is 10.1 Å². The number of aryl methyl sites for hydroxylation is 1. The topological polar surface area (TPSA) is 67.9 Å². The summed E-state index contributed by atoms with van der Waals surface area (Å²) in [5.41, 5.74) is 4.70. The van der Waals surface area contributed by atoms with Crippen molar-refractivity contribution in [2.75, 3.05) is 38.7 Å². The Morgan fingerprint density at radius 2 is 1.84 bits per heavy atom. The summed E-state index contributed by atoms with van der Waals surface area (Å²) in [5.74, 6) is 1.56. The molecule has 3 atom stereocenters. The molecule has 31 heavy (non-hydrogen) atoms. The molecule has 7 heteroatoms. The number of morpholine rings is 1. The van der Waals surface area contributed by atoms with E-state index < -0.39 is 10.0 Å². The molecule has 2 aromatic rings. The third kappa shape index (κ3) is 3.45. The second-order valence-electron chi connectivity index (χ2n) is 8.43. The molecule has 0 spiro atoms. The molecular formula is C24H28N2O4S. The van der Waals surface area contributed by atoms with E-state index in [4.69, 9.17) is 9.47 Å². The van der Waals surface area contributed by atoms with E-state index in [0.29, 0.717) is 43.0 Å². The minimum absolute atomic E-state index is 0.0864. The summed E-state index contributed by atoms with van der Waals surface area (Å²) in [4.78, 5) is 0.337.